The lowest BCUT2D eigenvalue weighted by Crippen LogP contribution is -2.50. The number of nitrogens with one attached hydrogen (secondary N) is 1. The Labute approximate surface area is 124 Å². The van der Waals surface area contributed by atoms with Crippen molar-refractivity contribution in [1.29, 1.82) is 0 Å². The minimum absolute atomic E-state index is 0.175. The molecule has 2 heterocycles. The third kappa shape index (κ3) is 2.25. The molecule has 4 rings (SSSR count). The van der Waals surface area contributed by atoms with E-state index in [2.05, 4.69) is 15.4 Å². The summed E-state index contributed by atoms with van der Waals surface area (Å²) in [5.74, 6) is 1.60. The molecule has 2 atom stereocenters. The van der Waals surface area contributed by atoms with Gasteiger partial charge in [0.15, 0.2) is 0 Å². The zero-order valence-corrected chi connectivity index (χ0v) is 12.3. The largest absolute Gasteiger partial charge is 0.336 e. The molecular formula is C15H23N5O. The molecule has 3 N–H and O–H groups in total. The van der Waals surface area contributed by atoms with Crippen LogP contribution in [0.3, 0.4) is 0 Å². The Morgan fingerprint density at radius 3 is 2.67 bits per heavy atom. The standard InChI is InChI=1S/C15H23N5O/c16-14-9-2-1-3-10(14)7-11(6-9)15(21)20-5-4-12-13(8-20)18-19-17-12/h9-11,14H,1-8,16H2,(H,17,18,19). The summed E-state index contributed by atoms with van der Waals surface area (Å²) in [5, 5.41) is 10.9. The maximum absolute atomic E-state index is 12.8. The molecule has 0 aromatic carbocycles. The number of amides is 1. The van der Waals surface area contributed by atoms with Crippen LogP contribution >= 0.6 is 0 Å². The molecule has 2 aliphatic carbocycles. The highest BCUT2D eigenvalue weighted by atomic mass is 16.2. The van der Waals surface area contributed by atoms with Crippen LogP contribution < -0.4 is 5.73 Å². The van der Waals surface area contributed by atoms with Crippen LogP contribution in [0.15, 0.2) is 0 Å². The quantitative estimate of drug-likeness (QED) is 0.802. The minimum Gasteiger partial charge on any atom is -0.336 e. The summed E-state index contributed by atoms with van der Waals surface area (Å²) in [4.78, 5) is 14.8. The van der Waals surface area contributed by atoms with Gasteiger partial charge in [-0.3, -0.25) is 4.79 Å². The van der Waals surface area contributed by atoms with Crippen molar-refractivity contribution in [3.05, 3.63) is 11.4 Å². The molecule has 0 saturated heterocycles. The summed E-state index contributed by atoms with van der Waals surface area (Å²) in [6, 6.07) is 0.325. The van der Waals surface area contributed by atoms with E-state index < -0.39 is 0 Å². The molecule has 6 nitrogen and oxygen atoms in total. The molecule has 2 bridgehead atoms. The van der Waals surface area contributed by atoms with Crippen molar-refractivity contribution in [2.24, 2.45) is 23.5 Å². The lowest BCUT2D eigenvalue weighted by atomic mass is 9.65. The first-order valence-electron chi connectivity index (χ1n) is 8.15. The third-order valence-corrected chi connectivity index (χ3v) is 5.74. The summed E-state index contributed by atoms with van der Waals surface area (Å²) in [7, 11) is 0. The molecule has 2 unspecified atom stereocenters. The van der Waals surface area contributed by atoms with Gasteiger partial charge in [-0.1, -0.05) is 6.42 Å². The van der Waals surface area contributed by atoms with Crippen LogP contribution in [0.5, 0.6) is 0 Å². The van der Waals surface area contributed by atoms with E-state index in [1.165, 1.54) is 19.3 Å². The Morgan fingerprint density at radius 1 is 1.19 bits per heavy atom. The monoisotopic (exact) mass is 289 g/mol. The van der Waals surface area contributed by atoms with E-state index in [1.807, 2.05) is 4.90 Å². The van der Waals surface area contributed by atoms with Crippen LogP contribution in [0.1, 0.15) is 43.5 Å². The first kappa shape index (κ1) is 13.2. The predicted molar refractivity (Wildman–Crippen MR) is 77.0 cm³/mol. The number of rotatable bonds is 1. The fraction of sp³-hybridized carbons (Fsp3) is 0.800. The van der Waals surface area contributed by atoms with Gasteiger partial charge in [-0.15, -0.1) is 0 Å². The molecule has 0 spiro atoms. The van der Waals surface area contributed by atoms with Crippen molar-refractivity contribution in [1.82, 2.24) is 20.3 Å². The number of aromatic amines is 1. The predicted octanol–water partition coefficient (Wildman–Crippen LogP) is 0.843. The SMILES string of the molecule is NC1C2CCCC1CC(C(=O)N1CCc3n[nH]nc3C1)C2. The van der Waals surface area contributed by atoms with E-state index in [-0.39, 0.29) is 5.92 Å². The summed E-state index contributed by atoms with van der Waals surface area (Å²) in [6.07, 6.45) is 6.48. The second kappa shape index (κ2) is 5.09. The number of carbonyl (C=O) groups excluding carboxylic acids is 1. The topological polar surface area (TPSA) is 87.9 Å². The zero-order chi connectivity index (χ0) is 14.4. The van der Waals surface area contributed by atoms with Gasteiger partial charge < -0.3 is 10.6 Å². The van der Waals surface area contributed by atoms with E-state index in [1.54, 1.807) is 0 Å². The van der Waals surface area contributed by atoms with Gasteiger partial charge >= 0.3 is 0 Å². The first-order valence-corrected chi connectivity index (χ1v) is 8.15. The average molecular weight is 289 g/mol. The number of fused-ring (bicyclic) bond motifs is 3. The summed E-state index contributed by atoms with van der Waals surface area (Å²) in [5.41, 5.74) is 8.28. The van der Waals surface area contributed by atoms with E-state index >= 15 is 0 Å². The molecule has 0 radical (unpaired) electrons. The zero-order valence-electron chi connectivity index (χ0n) is 12.3. The lowest BCUT2D eigenvalue weighted by molar-refractivity contribution is -0.139. The number of hydrogen-bond acceptors (Lipinski definition) is 4. The van der Waals surface area contributed by atoms with Gasteiger partial charge in [0.2, 0.25) is 5.91 Å². The van der Waals surface area contributed by atoms with Crippen molar-refractivity contribution in [3.8, 4) is 0 Å². The normalized spacial score (nSPS) is 35.4. The molecule has 1 aromatic rings. The van der Waals surface area contributed by atoms with Crippen LogP contribution in [0, 0.1) is 17.8 Å². The molecule has 3 aliphatic rings. The average Bonchev–Trinajstić information content (AvgIpc) is 2.93. The van der Waals surface area contributed by atoms with E-state index in [0.717, 1.165) is 37.2 Å². The summed E-state index contributed by atoms with van der Waals surface area (Å²) < 4.78 is 0. The second-order valence-corrected chi connectivity index (χ2v) is 6.92. The van der Waals surface area contributed by atoms with Crippen molar-refractivity contribution in [2.45, 2.75) is 51.1 Å². The van der Waals surface area contributed by atoms with E-state index in [9.17, 15) is 4.79 Å². The van der Waals surface area contributed by atoms with Crippen LogP contribution in [0.2, 0.25) is 0 Å². The molecule has 2 fully saturated rings. The Morgan fingerprint density at radius 2 is 1.90 bits per heavy atom. The van der Waals surface area contributed by atoms with Crippen LogP contribution in [0.4, 0.5) is 0 Å². The molecule has 2 saturated carbocycles. The van der Waals surface area contributed by atoms with Crippen molar-refractivity contribution < 1.29 is 4.79 Å². The van der Waals surface area contributed by atoms with E-state index in [0.29, 0.717) is 30.3 Å². The van der Waals surface area contributed by atoms with Gasteiger partial charge in [0.1, 0.15) is 5.69 Å². The first-order chi connectivity index (χ1) is 10.2. The third-order valence-electron chi connectivity index (χ3n) is 5.74. The number of nitrogens with two attached hydrogens (primary N) is 1. The van der Waals surface area contributed by atoms with Crippen LogP contribution in [-0.4, -0.2) is 38.8 Å². The van der Waals surface area contributed by atoms with Crippen molar-refractivity contribution in [3.63, 3.8) is 0 Å². The molecular weight excluding hydrogens is 266 g/mol. The van der Waals surface area contributed by atoms with Crippen molar-refractivity contribution in [2.75, 3.05) is 6.54 Å². The fourth-order valence-electron chi connectivity index (χ4n) is 4.54. The second-order valence-electron chi connectivity index (χ2n) is 6.92. The molecule has 1 aromatic heterocycles. The maximum atomic E-state index is 12.8. The number of aromatic nitrogens is 3. The molecule has 1 aliphatic heterocycles. The Balaban J connectivity index is 1.46. The molecule has 6 heteroatoms. The maximum Gasteiger partial charge on any atom is 0.226 e. The van der Waals surface area contributed by atoms with Crippen LogP contribution in [0.25, 0.3) is 0 Å². The Bertz CT molecular complexity index is 528. The Hall–Kier alpha value is -1.43. The Kier molecular flexibility index (Phi) is 3.21. The summed E-state index contributed by atoms with van der Waals surface area (Å²) in [6.45, 7) is 1.39. The molecule has 114 valence electrons. The lowest BCUT2D eigenvalue weighted by Gasteiger charge is -2.44. The minimum atomic E-state index is 0.175. The van der Waals surface area contributed by atoms with Gasteiger partial charge in [0.05, 0.1) is 12.2 Å². The summed E-state index contributed by atoms with van der Waals surface area (Å²) >= 11 is 0. The van der Waals surface area contributed by atoms with Gasteiger partial charge in [-0.05, 0) is 37.5 Å². The van der Waals surface area contributed by atoms with Gasteiger partial charge in [0.25, 0.3) is 0 Å². The molecule has 1 amide bonds. The van der Waals surface area contributed by atoms with Gasteiger partial charge in [-0.25, -0.2) is 0 Å². The highest BCUT2D eigenvalue weighted by Gasteiger charge is 2.42. The highest BCUT2D eigenvalue weighted by Crippen LogP contribution is 2.42. The number of H-pyrrole nitrogens is 1. The number of nitrogens with zero attached hydrogens (tertiary/aromatic N) is 3. The van der Waals surface area contributed by atoms with Gasteiger partial charge in [0, 0.05) is 24.9 Å². The van der Waals surface area contributed by atoms with Gasteiger partial charge in [-0.2, -0.15) is 15.4 Å². The highest BCUT2D eigenvalue weighted by molar-refractivity contribution is 5.79. The van der Waals surface area contributed by atoms with E-state index in [4.69, 9.17) is 5.73 Å². The number of carbonyl (C=O) groups is 1. The van der Waals surface area contributed by atoms with Crippen molar-refractivity contribution >= 4 is 5.91 Å². The number of hydrogen-bond donors (Lipinski definition) is 2. The van der Waals surface area contributed by atoms with Crippen LogP contribution in [-0.2, 0) is 17.8 Å². The smallest absolute Gasteiger partial charge is 0.226 e. The molecule has 21 heavy (non-hydrogen) atoms. The fourth-order valence-corrected chi connectivity index (χ4v) is 4.54.